The molecule has 1 aromatic rings. The van der Waals surface area contributed by atoms with Crippen LogP contribution in [0.2, 0.25) is 0 Å². The van der Waals surface area contributed by atoms with E-state index in [4.69, 9.17) is 4.74 Å². The molecule has 0 atom stereocenters. The van der Waals surface area contributed by atoms with E-state index in [0.29, 0.717) is 19.7 Å². The Morgan fingerprint density at radius 1 is 1.00 bits per heavy atom. The van der Waals surface area contributed by atoms with Crippen LogP contribution in [0.25, 0.3) is 0 Å². The lowest BCUT2D eigenvalue weighted by molar-refractivity contribution is -0.129. The first kappa shape index (κ1) is 17.2. The maximum atomic E-state index is 11.6. The minimum absolute atomic E-state index is 0.113. The Morgan fingerprint density at radius 2 is 1.62 bits per heavy atom. The van der Waals surface area contributed by atoms with Gasteiger partial charge in [0.05, 0.1) is 0 Å². The maximum Gasteiger partial charge on any atom is 0.229 e. The number of amides is 2. The summed E-state index contributed by atoms with van der Waals surface area (Å²) in [5.41, 5.74) is 1.25. The predicted octanol–water partition coefficient (Wildman–Crippen LogP) is 1.28. The van der Waals surface area contributed by atoms with Crippen molar-refractivity contribution in [2.24, 2.45) is 0 Å². The van der Waals surface area contributed by atoms with Gasteiger partial charge < -0.3 is 15.4 Å². The Labute approximate surface area is 126 Å². The maximum absolute atomic E-state index is 11.6. The predicted molar refractivity (Wildman–Crippen MR) is 81.9 cm³/mol. The molecule has 2 amide bonds. The summed E-state index contributed by atoms with van der Waals surface area (Å²) in [5, 5.41) is 5.45. The van der Waals surface area contributed by atoms with Crippen molar-refractivity contribution < 1.29 is 14.3 Å². The number of carbonyl (C=O) groups is 2. The van der Waals surface area contributed by atoms with E-state index in [1.165, 1.54) is 5.56 Å². The molecule has 0 aromatic heterocycles. The first-order valence-corrected chi connectivity index (χ1v) is 7.28. The topological polar surface area (TPSA) is 67.4 Å². The second-order valence-electron chi connectivity index (χ2n) is 4.81. The van der Waals surface area contributed by atoms with Crippen LogP contribution >= 0.6 is 0 Å². The van der Waals surface area contributed by atoms with Gasteiger partial charge in [0.2, 0.25) is 11.8 Å². The monoisotopic (exact) mass is 292 g/mol. The Kier molecular flexibility index (Phi) is 8.88. The number of methoxy groups -OCH3 is 1. The van der Waals surface area contributed by atoms with Crippen molar-refractivity contribution in [3.63, 3.8) is 0 Å². The van der Waals surface area contributed by atoms with Crippen molar-refractivity contribution >= 4 is 11.8 Å². The van der Waals surface area contributed by atoms with Crippen molar-refractivity contribution in [1.82, 2.24) is 10.6 Å². The quantitative estimate of drug-likeness (QED) is 0.504. The van der Waals surface area contributed by atoms with Crippen LogP contribution in [0.3, 0.4) is 0 Å². The summed E-state index contributed by atoms with van der Waals surface area (Å²) in [6.07, 6.45) is 2.43. The average molecular weight is 292 g/mol. The molecule has 1 aromatic carbocycles. The number of carbonyl (C=O) groups excluding carboxylic acids is 2. The largest absolute Gasteiger partial charge is 0.385 e. The first-order valence-electron chi connectivity index (χ1n) is 7.28. The zero-order valence-corrected chi connectivity index (χ0v) is 12.6. The van der Waals surface area contributed by atoms with Gasteiger partial charge in [-0.2, -0.15) is 0 Å². The van der Waals surface area contributed by atoms with E-state index >= 15 is 0 Å². The summed E-state index contributed by atoms with van der Waals surface area (Å²) in [4.78, 5) is 23.0. The Bertz CT molecular complexity index is 421. The van der Waals surface area contributed by atoms with Crippen LogP contribution in [0.4, 0.5) is 0 Å². The summed E-state index contributed by atoms with van der Waals surface area (Å²) in [6, 6.07) is 10.1. The highest BCUT2D eigenvalue weighted by Gasteiger charge is 2.07. The number of aryl methyl sites for hydroxylation is 1. The van der Waals surface area contributed by atoms with Crippen LogP contribution in [0.1, 0.15) is 24.8 Å². The fraction of sp³-hybridized carbons (Fsp3) is 0.500. The van der Waals surface area contributed by atoms with Crippen LogP contribution < -0.4 is 10.6 Å². The lowest BCUT2D eigenvalue weighted by Crippen LogP contribution is -2.33. The number of hydrogen-bond donors (Lipinski definition) is 2. The normalized spacial score (nSPS) is 10.1. The third kappa shape index (κ3) is 8.81. The average Bonchev–Trinajstić information content (AvgIpc) is 2.49. The summed E-state index contributed by atoms with van der Waals surface area (Å²) in [5.74, 6) is -0.473. The van der Waals surface area contributed by atoms with E-state index < -0.39 is 0 Å². The van der Waals surface area contributed by atoms with E-state index in [1.807, 2.05) is 18.2 Å². The molecule has 5 heteroatoms. The number of ether oxygens (including phenoxy) is 1. The summed E-state index contributed by atoms with van der Waals surface area (Å²) in [7, 11) is 1.62. The third-order valence-corrected chi connectivity index (χ3v) is 2.98. The van der Waals surface area contributed by atoms with Crippen molar-refractivity contribution in [3.05, 3.63) is 35.9 Å². The molecule has 21 heavy (non-hydrogen) atoms. The van der Waals surface area contributed by atoms with Gasteiger partial charge in [-0.15, -0.1) is 0 Å². The third-order valence-electron chi connectivity index (χ3n) is 2.98. The van der Waals surface area contributed by atoms with Gasteiger partial charge in [0, 0.05) is 26.8 Å². The minimum Gasteiger partial charge on any atom is -0.385 e. The molecule has 0 radical (unpaired) electrons. The molecule has 5 nitrogen and oxygen atoms in total. The molecular formula is C16H24N2O3. The van der Waals surface area contributed by atoms with Crippen LogP contribution in [-0.4, -0.2) is 38.6 Å². The summed E-state index contributed by atoms with van der Waals surface area (Å²) < 4.78 is 4.88. The Hall–Kier alpha value is -1.88. The highest BCUT2D eigenvalue weighted by Crippen LogP contribution is 2.01. The minimum atomic E-state index is -0.244. The second-order valence-corrected chi connectivity index (χ2v) is 4.81. The van der Waals surface area contributed by atoms with Crippen molar-refractivity contribution in [2.45, 2.75) is 25.7 Å². The molecule has 0 saturated heterocycles. The molecule has 0 spiro atoms. The molecule has 2 N–H and O–H groups in total. The van der Waals surface area contributed by atoms with Gasteiger partial charge in [-0.25, -0.2) is 0 Å². The van der Waals surface area contributed by atoms with Gasteiger partial charge in [-0.3, -0.25) is 9.59 Å². The first-order chi connectivity index (χ1) is 10.2. The van der Waals surface area contributed by atoms with E-state index in [2.05, 4.69) is 22.8 Å². The fourth-order valence-corrected chi connectivity index (χ4v) is 1.88. The SMILES string of the molecule is COCCCNC(=O)CC(=O)NCCCc1ccccc1. The lowest BCUT2D eigenvalue weighted by atomic mass is 10.1. The molecule has 1 rings (SSSR count). The van der Waals surface area contributed by atoms with Crippen molar-refractivity contribution in [2.75, 3.05) is 26.8 Å². The van der Waals surface area contributed by atoms with Gasteiger partial charge >= 0.3 is 0 Å². The zero-order valence-electron chi connectivity index (χ0n) is 12.6. The standard InChI is InChI=1S/C16H24N2O3/c1-21-12-6-11-18-16(20)13-15(19)17-10-5-9-14-7-3-2-4-8-14/h2-4,7-8H,5-6,9-13H2,1H3,(H,17,19)(H,18,20). The molecule has 0 bridgehead atoms. The van der Waals surface area contributed by atoms with Crippen LogP contribution in [0, 0.1) is 0 Å². The highest BCUT2D eigenvalue weighted by molar-refractivity contribution is 5.96. The Balaban J connectivity index is 2.04. The van der Waals surface area contributed by atoms with E-state index in [-0.39, 0.29) is 18.2 Å². The summed E-state index contributed by atoms with van der Waals surface area (Å²) >= 11 is 0. The van der Waals surface area contributed by atoms with Crippen LogP contribution in [0.5, 0.6) is 0 Å². The molecule has 0 aliphatic carbocycles. The van der Waals surface area contributed by atoms with Gasteiger partial charge in [0.25, 0.3) is 0 Å². The Morgan fingerprint density at radius 3 is 2.24 bits per heavy atom. The number of hydrogen-bond acceptors (Lipinski definition) is 3. The molecule has 0 fully saturated rings. The van der Waals surface area contributed by atoms with Crippen LogP contribution in [-0.2, 0) is 20.7 Å². The molecule has 116 valence electrons. The highest BCUT2D eigenvalue weighted by atomic mass is 16.5. The molecule has 0 aliphatic rings. The number of rotatable bonds is 10. The second kappa shape index (κ2) is 10.9. The lowest BCUT2D eigenvalue weighted by Gasteiger charge is -2.06. The molecule has 0 heterocycles. The van der Waals surface area contributed by atoms with Gasteiger partial charge in [-0.1, -0.05) is 30.3 Å². The number of nitrogens with one attached hydrogen (secondary N) is 2. The molecular weight excluding hydrogens is 268 g/mol. The smallest absolute Gasteiger partial charge is 0.229 e. The van der Waals surface area contributed by atoms with E-state index in [0.717, 1.165) is 19.3 Å². The fourth-order valence-electron chi connectivity index (χ4n) is 1.88. The molecule has 0 unspecified atom stereocenters. The van der Waals surface area contributed by atoms with Gasteiger partial charge in [0.1, 0.15) is 6.42 Å². The van der Waals surface area contributed by atoms with Crippen molar-refractivity contribution in [3.8, 4) is 0 Å². The number of benzene rings is 1. The van der Waals surface area contributed by atoms with E-state index in [1.54, 1.807) is 7.11 Å². The van der Waals surface area contributed by atoms with E-state index in [9.17, 15) is 9.59 Å². The molecule has 0 aliphatic heterocycles. The zero-order chi connectivity index (χ0) is 15.3. The summed E-state index contributed by atoms with van der Waals surface area (Å²) in [6.45, 7) is 1.73. The molecule has 0 saturated carbocycles. The van der Waals surface area contributed by atoms with Gasteiger partial charge in [0.15, 0.2) is 0 Å². The van der Waals surface area contributed by atoms with Crippen molar-refractivity contribution in [1.29, 1.82) is 0 Å². The van der Waals surface area contributed by atoms with Gasteiger partial charge in [-0.05, 0) is 24.8 Å². The van der Waals surface area contributed by atoms with Crippen LogP contribution in [0.15, 0.2) is 30.3 Å².